The minimum Gasteiger partial charge on any atom is -0.496 e. The van der Waals surface area contributed by atoms with E-state index in [9.17, 15) is 4.79 Å². The molecular weight excluding hydrogens is 242 g/mol. The average Bonchev–Trinajstić information content (AvgIpc) is 2.64. The van der Waals surface area contributed by atoms with Gasteiger partial charge in [0.05, 0.1) is 25.3 Å². The first-order valence-corrected chi connectivity index (χ1v) is 6.30. The van der Waals surface area contributed by atoms with Crippen molar-refractivity contribution in [2.75, 3.05) is 26.7 Å². The van der Waals surface area contributed by atoms with Crippen LogP contribution in [0.25, 0.3) is 0 Å². The van der Waals surface area contributed by atoms with E-state index in [2.05, 4.69) is 11.4 Å². The van der Waals surface area contributed by atoms with Gasteiger partial charge in [0, 0.05) is 18.7 Å². The summed E-state index contributed by atoms with van der Waals surface area (Å²) in [7, 11) is 1.59. The zero-order valence-corrected chi connectivity index (χ0v) is 11.0. The van der Waals surface area contributed by atoms with E-state index in [1.54, 1.807) is 30.2 Å². The highest BCUT2D eigenvalue weighted by atomic mass is 16.5. The Bertz CT molecular complexity index is 508. The van der Waals surface area contributed by atoms with E-state index < -0.39 is 0 Å². The van der Waals surface area contributed by atoms with Gasteiger partial charge in [0.15, 0.2) is 0 Å². The first-order chi connectivity index (χ1) is 9.24. The van der Waals surface area contributed by atoms with Crippen molar-refractivity contribution < 1.29 is 9.53 Å². The Balaban J connectivity index is 2.21. The number of nitriles is 1. The van der Waals surface area contributed by atoms with Crippen LogP contribution in [-0.4, -0.2) is 37.6 Å². The molecule has 1 amide bonds. The molecule has 5 nitrogen and oxygen atoms in total. The Morgan fingerprint density at radius 3 is 3.11 bits per heavy atom. The number of amides is 1. The lowest BCUT2D eigenvalue weighted by molar-refractivity contribution is -0.130. The molecule has 0 saturated carbocycles. The molecule has 1 aromatic rings. The summed E-state index contributed by atoms with van der Waals surface area (Å²) in [4.78, 5) is 13.7. The maximum absolute atomic E-state index is 11.9. The lowest BCUT2D eigenvalue weighted by atomic mass is 10.1. The van der Waals surface area contributed by atoms with Crippen LogP contribution < -0.4 is 10.1 Å². The van der Waals surface area contributed by atoms with Crippen LogP contribution >= 0.6 is 0 Å². The van der Waals surface area contributed by atoms with Gasteiger partial charge in [0.1, 0.15) is 5.75 Å². The summed E-state index contributed by atoms with van der Waals surface area (Å²) in [6.45, 7) is 2.45. The van der Waals surface area contributed by atoms with Gasteiger partial charge in [-0.3, -0.25) is 4.79 Å². The fourth-order valence-electron chi connectivity index (χ4n) is 2.17. The largest absolute Gasteiger partial charge is 0.496 e. The van der Waals surface area contributed by atoms with Crippen LogP contribution in [0.1, 0.15) is 17.5 Å². The van der Waals surface area contributed by atoms with E-state index in [0.29, 0.717) is 24.4 Å². The molecule has 100 valence electrons. The van der Waals surface area contributed by atoms with Gasteiger partial charge >= 0.3 is 0 Å². The SMILES string of the molecule is COc1ccc(C#N)cc1CN1CCCNCC1=O. The number of carbonyl (C=O) groups excluding carboxylic acids is 1. The Labute approximate surface area is 112 Å². The van der Waals surface area contributed by atoms with Crippen LogP contribution in [0.4, 0.5) is 0 Å². The lowest BCUT2D eigenvalue weighted by Crippen LogP contribution is -2.34. The summed E-state index contributed by atoms with van der Waals surface area (Å²) in [5.41, 5.74) is 1.45. The van der Waals surface area contributed by atoms with Crippen LogP contribution in [0.3, 0.4) is 0 Å². The van der Waals surface area contributed by atoms with Gasteiger partial charge in [-0.15, -0.1) is 0 Å². The van der Waals surface area contributed by atoms with E-state index >= 15 is 0 Å². The zero-order chi connectivity index (χ0) is 13.7. The minimum atomic E-state index is 0.0851. The number of rotatable bonds is 3. The van der Waals surface area contributed by atoms with Crippen molar-refractivity contribution in [1.29, 1.82) is 5.26 Å². The van der Waals surface area contributed by atoms with Gasteiger partial charge in [0.25, 0.3) is 0 Å². The molecule has 0 spiro atoms. The summed E-state index contributed by atoms with van der Waals surface area (Å²) in [6, 6.07) is 7.38. The van der Waals surface area contributed by atoms with Crippen LogP contribution in [-0.2, 0) is 11.3 Å². The molecule has 1 heterocycles. The highest BCUT2D eigenvalue weighted by Gasteiger charge is 2.18. The van der Waals surface area contributed by atoms with Gasteiger partial charge < -0.3 is 15.0 Å². The standard InChI is InChI=1S/C14H17N3O2/c1-19-13-4-3-11(8-15)7-12(13)10-17-6-2-5-16-9-14(17)18/h3-4,7,16H,2,5-6,9-10H2,1H3. The molecule has 1 fully saturated rings. The van der Waals surface area contributed by atoms with E-state index in [4.69, 9.17) is 10.00 Å². The maximum Gasteiger partial charge on any atom is 0.236 e. The van der Waals surface area contributed by atoms with Gasteiger partial charge in [-0.25, -0.2) is 0 Å². The molecule has 0 aliphatic carbocycles. The molecule has 1 aliphatic rings. The number of methoxy groups -OCH3 is 1. The Morgan fingerprint density at radius 2 is 2.37 bits per heavy atom. The molecule has 0 aromatic heterocycles. The van der Waals surface area contributed by atoms with Crippen molar-refractivity contribution in [2.24, 2.45) is 0 Å². The number of benzene rings is 1. The highest BCUT2D eigenvalue weighted by molar-refractivity contribution is 5.78. The number of carbonyl (C=O) groups is 1. The summed E-state index contributed by atoms with van der Waals surface area (Å²) >= 11 is 0. The second kappa shape index (κ2) is 6.21. The third-order valence-electron chi connectivity index (χ3n) is 3.18. The normalized spacial score (nSPS) is 15.8. The second-order valence-electron chi connectivity index (χ2n) is 4.48. The smallest absolute Gasteiger partial charge is 0.236 e. The van der Waals surface area contributed by atoms with E-state index in [0.717, 1.165) is 25.1 Å². The van der Waals surface area contributed by atoms with Gasteiger partial charge in [-0.05, 0) is 31.2 Å². The molecule has 0 atom stereocenters. The molecule has 1 saturated heterocycles. The van der Waals surface area contributed by atoms with E-state index in [-0.39, 0.29) is 5.91 Å². The third kappa shape index (κ3) is 3.24. The zero-order valence-electron chi connectivity index (χ0n) is 11.0. The average molecular weight is 259 g/mol. The molecule has 1 aromatic carbocycles. The van der Waals surface area contributed by atoms with Crippen molar-refractivity contribution in [2.45, 2.75) is 13.0 Å². The summed E-state index contributed by atoms with van der Waals surface area (Å²) in [5, 5.41) is 12.0. The topological polar surface area (TPSA) is 65.4 Å². The minimum absolute atomic E-state index is 0.0851. The molecule has 19 heavy (non-hydrogen) atoms. The molecule has 0 radical (unpaired) electrons. The Hall–Kier alpha value is -2.06. The molecule has 0 unspecified atom stereocenters. The van der Waals surface area contributed by atoms with Crippen molar-refractivity contribution in [3.8, 4) is 11.8 Å². The first kappa shape index (κ1) is 13.4. The molecule has 1 N–H and O–H groups in total. The van der Waals surface area contributed by atoms with E-state index in [1.807, 2.05) is 0 Å². The Morgan fingerprint density at radius 1 is 1.53 bits per heavy atom. The van der Waals surface area contributed by atoms with Gasteiger partial charge in [0.2, 0.25) is 5.91 Å². The summed E-state index contributed by atoms with van der Waals surface area (Å²) in [6.07, 6.45) is 0.937. The fourth-order valence-corrected chi connectivity index (χ4v) is 2.17. The maximum atomic E-state index is 11.9. The number of ether oxygens (including phenoxy) is 1. The first-order valence-electron chi connectivity index (χ1n) is 6.30. The molecule has 5 heteroatoms. The van der Waals surface area contributed by atoms with Crippen LogP contribution in [0.15, 0.2) is 18.2 Å². The molecule has 2 rings (SSSR count). The van der Waals surface area contributed by atoms with Gasteiger partial charge in [-0.1, -0.05) is 0 Å². The molecule has 1 aliphatic heterocycles. The molecular formula is C14H17N3O2. The number of nitrogens with zero attached hydrogens (tertiary/aromatic N) is 2. The number of hydrogen-bond donors (Lipinski definition) is 1. The quantitative estimate of drug-likeness (QED) is 0.875. The predicted octanol–water partition coefficient (Wildman–Crippen LogP) is 0.889. The third-order valence-corrected chi connectivity index (χ3v) is 3.18. The van der Waals surface area contributed by atoms with E-state index in [1.165, 1.54) is 0 Å². The summed E-state index contributed by atoms with van der Waals surface area (Å²) < 4.78 is 5.29. The van der Waals surface area contributed by atoms with Crippen molar-refractivity contribution in [3.05, 3.63) is 29.3 Å². The number of nitrogens with one attached hydrogen (secondary N) is 1. The Kier molecular flexibility index (Phi) is 4.37. The summed E-state index contributed by atoms with van der Waals surface area (Å²) in [5.74, 6) is 0.797. The monoisotopic (exact) mass is 259 g/mol. The lowest BCUT2D eigenvalue weighted by Gasteiger charge is -2.21. The fraction of sp³-hybridized carbons (Fsp3) is 0.429. The van der Waals surface area contributed by atoms with Crippen molar-refractivity contribution in [3.63, 3.8) is 0 Å². The predicted molar refractivity (Wildman–Crippen MR) is 70.6 cm³/mol. The molecule has 0 bridgehead atoms. The number of hydrogen-bond acceptors (Lipinski definition) is 4. The van der Waals surface area contributed by atoms with Crippen molar-refractivity contribution >= 4 is 5.91 Å². The second-order valence-corrected chi connectivity index (χ2v) is 4.48. The van der Waals surface area contributed by atoms with Crippen LogP contribution in [0, 0.1) is 11.3 Å². The van der Waals surface area contributed by atoms with Crippen LogP contribution in [0.2, 0.25) is 0 Å². The van der Waals surface area contributed by atoms with Crippen molar-refractivity contribution in [1.82, 2.24) is 10.2 Å². The van der Waals surface area contributed by atoms with Gasteiger partial charge in [-0.2, -0.15) is 5.26 Å². The highest BCUT2D eigenvalue weighted by Crippen LogP contribution is 2.21. The van der Waals surface area contributed by atoms with Crippen LogP contribution in [0.5, 0.6) is 5.75 Å².